The number of carbonyl (C=O) groups is 1. The first-order valence-electron chi connectivity index (χ1n) is 7.37. The number of esters is 1. The third kappa shape index (κ3) is 3.85. The lowest BCUT2D eigenvalue weighted by molar-refractivity contribution is 0.00696. The molecule has 0 aliphatic heterocycles. The molecular weight excluding hydrogens is 272 g/mol. The van der Waals surface area contributed by atoms with E-state index in [-0.39, 0.29) is 5.97 Å². The van der Waals surface area contributed by atoms with E-state index < -0.39 is 5.60 Å². The summed E-state index contributed by atoms with van der Waals surface area (Å²) in [5.74, 6) is -0.294. The van der Waals surface area contributed by atoms with Gasteiger partial charge in [-0.2, -0.15) is 0 Å². The van der Waals surface area contributed by atoms with Crippen LogP contribution in [0.4, 0.5) is 0 Å². The van der Waals surface area contributed by atoms with Crippen molar-refractivity contribution in [1.29, 1.82) is 0 Å². The van der Waals surface area contributed by atoms with Crippen molar-refractivity contribution >= 4 is 12.0 Å². The van der Waals surface area contributed by atoms with Crippen LogP contribution in [0.25, 0.3) is 17.2 Å². The minimum Gasteiger partial charge on any atom is -0.456 e. The summed E-state index contributed by atoms with van der Waals surface area (Å²) in [6.45, 7) is 11.5. The molecule has 0 aromatic heterocycles. The Hall–Kier alpha value is -2.35. The second-order valence-electron chi connectivity index (χ2n) is 6.35. The zero-order valence-electron chi connectivity index (χ0n) is 13.6. The van der Waals surface area contributed by atoms with Crippen LogP contribution in [0.15, 0.2) is 49.0 Å². The van der Waals surface area contributed by atoms with Crippen molar-refractivity contribution in [3.8, 4) is 11.1 Å². The highest BCUT2D eigenvalue weighted by Gasteiger charge is 2.17. The van der Waals surface area contributed by atoms with Crippen LogP contribution in [0.5, 0.6) is 0 Å². The number of carbonyl (C=O) groups excluding carboxylic acids is 1. The molecule has 2 nitrogen and oxygen atoms in total. The Morgan fingerprint density at radius 1 is 1.05 bits per heavy atom. The van der Waals surface area contributed by atoms with Gasteiger partial charge in [-0.05, 0) is 62.1 Å². The standard InChI is InChI=1S/C20H22O2/c1-6-15-7-12-18(13-14(15)2)16-8-10-17(11-9-16)19(21)22-20(3,4)5/h6-13H,1H2,2-5H3. The molecule has 0 aliphatic rings. The first kappa shape index (κ1) is 16.0. The Morgan fingerprint density at radius 2 is 1.64 bits per heavy atom. The van der Waals surface area contributed by atoms with Gasteiger partial charge in [0, 0.05) is 0 Å². The molecule has 0 N–H and O–H groups in total. The lowest BCUT2D eigenvalue weighted by Crippen LogP contribution is -2.23. The number of hydrogen-bond acceptors (Lipinski definition) is 2. The highest BCUT2D eigenvalue weighted by Crippen LogP contribution is 2.24. The summed E-state index contributed by atoms with van der Waals surface area (Å²) in [4.78, 5) is 12.0. The molecule has 0 bridgehead atoms. The van der Waals surface area contributed by atoms with E-state index in [1.807, 2.05) is 39.0 Å². The van der Waals surface area contributed by atoms with E-state index >= 15 is 0 Å². The van der Waals surface area contributed by atoms with Crippen molar-refractivity contribution in [2.75, 3.05) is 0 Å². The van der Waals surface area contributed by atoms with E-state index in [0.29, 0.717) is 5.56 Å². The number of ether oxygens (including phenoxy) is 1. The molecule has 2 aromatic rings. The van der Waals surface area contributed by atoms with Crippen molar-refractivity contribution in [3.05, 3.63) is 65.7 Å². The van der Waals surface area contributed by atoms with Gasteiger partial charge >= 0.3 is 5.97 Å². The van der Waals surface area contributed by atoms with Crippen LogP contribution in [0.3, 0.4) is 0 Å². The van der Waals surface area contributed by atoms with E-state index in [2.05, 4.69) is 31.7 Å². The average Bonchev–Trinajstić information content (AvgIpc) is 2.45. The van der Waals surface area contributed by atoms with Crippen LogP contribution in [0.1, 0.15) is 42.3 Å². The van der Waals surface area contributed by atoms with Crippen molar-refractivity contribution in [2.24, 2.45) is 0 Å². The van der Waals surface area contributed by atoms with Gasteiger partial charge in [-0.3, -0.25) is 0 Å². The third-order valence-corrected chi connectivity index (χ3v) is 3.34. The summed E-state index contributed by atoms with van der Waals surface area (Å²) < 4.78 is 5.37. The maximum absolute atomic E-state index is 12.0. The first-order chi connectivity index (χ1) is 10.3. The van der Waals surface area contributed by atoms with Crippen LogP contribution >= 0.6 is 0 Å². The highest BCUT2D eigenvalue weighted by molar-refractivity contribution is 5.90. The first-order valence-corrected chi connectivity index (χ1v) is 7.37. The predicted octanol–water partition coefficient (Wildman–Crippen LogP) is 5.26. The molecule has 0 saturated heterocycles. The maximum atomic E-state index is 12.0. The molecule has 0 fully saturated rings. The van der Waals surface area contributed by atoms with Crippen molar-refractivity contribution in [3.63, 3.8) is 0 Å². The van der Waals surface area contributed by atoms with E-state index in [9.17, 15) is 4.79 Å². The monoisotopic (exact) mass is 294 g/mol. The third-order valence-electron chi connectivity index (χ3n) is 3.34. The normalized spacial score (nSPS) is 11.1. The number of rotatable bonds is 3. The van der Waals surface area contributed by atoms with Gasteiger partial charge in [0.05, 0.1) is 5.56 Å². The topological polar surface area (TPSA) is 26.3 Å². The smallest absolute Gasteiger partial charge is 0.338 e. The zero-order chi connectivity index (χ0) is 16.3. The Balaban J connectivity index is 2.23. The fraction of sp³-hybridized carbons (Fsp3) is 0.250. The van der Waals surface area contributed by atoms with Crippen LogP contribution in [-0.4, -0.2) is 11.6 Å². The van der Waals surface area contributed by atoms with E-state index in [4.69, 9.17) is 4.74 Å². The summed E-state index contributed by atoms with van der Waals surface area (Å²) in [5, 5.41) is 0. The average molecular weight is 294 g/mol. The SMILES string of the molecule is C=Cc1ccc(-c2ccc(C(=O)OC(C)(C)C)cc2)cc1C. The van der Waals surface area contributed by atoms with Gasteiger partial charge < -0.3 is 4.74 Å². The summed E-state index contributed by atoms with van der Waals surface area (Å²) >= 11 is 0. The molecule has 2 rings (SSSR count). The Kier molecular flexibility index (Phi) is 4.51. The van der Waals surface area contributed by atoms with E-state index in [1.54, 1.807) is 12.1 Å². The lowest BCUT2D eigenvalue weighted by atomic mass is 9.99. The molecule has 0 heterocycles. The molecule has 0 amide bonds. The summed E-state index contributed by atoms with van der Waals surface area (Å²) in [5.41, 5.74) is 4.61. The van der Waals surface area contributed by atoms with Crippen molar-refractivity contribution < 1.29 is 9.53 Å². The number of benzene rings is 2. The maximum Gasteiger partial charge on any atom is 0.338 e. The van der Waals surface area contributed by atoms with Crippen LogP contribution < -0.4 is 0 Å². The van der Waals surface area contributed by atoms with Crippen molar-refractivity contribution in [1.82, 2.24) is 0 Å². The van der Waals surface area contributed by atoms with Gasteiger partial charge in [-0.15, -0.1) is 0 Å². The number of hydrogen-bond donors (Lipinski definition) is 0. The van der Waals surface area contributed by atoms with Gasteiger partial charge in [-0.25, -0.2) is 4.79 Å². The van der Waals surface area contributed by atoms with Gasteiger partial charge in [-0.1, -0.05) is 43.0 Å². The summed E-state index contributed by atoms with van der Waals surface area (Å²) in [6.07, 6.45) is 1.85. The molecular formula is C20H22O2. The highest BCUT2D eigenvalue weighted by atomic mass is 16.6. The molecule has 0 radical (unpaired) electrons. The van der Waals surface area contributed by atoms with E-state index in [1.165, 1.54) is 5.56 Å². The van der Waals surface area contributed by atoms with Crippen LogP contribution in [0, 0.1) is 6.92 Å². The molecule has 0 aliphatic carbocycles. The lowest BCUT2D eigenvalue weighted by Gasteiger charge is -2.19. The molecule has 0 atom stereocenters. The summed E-state index contributed by atoms with van der Waals surface area (Å²) in [7, 11) is 0. The van der Waals surface area contributed by atoms with E-state index in [0.717, 1.165) is 16.7 Å². The molecule has 2 heteroatoms. The Bertz CT molecular complexity index is 689. The van der Waals surface area contributed by atoms with Gasteiger partial charge in [0.15, 0.2) is 0 Å². The fourth-order valence-corrected chi connectivity index (χ4v) is 2.22. The summed E-state index contributed by atoms with van der Waals surface area (Å²) in [6, 6.07) is 13.7. The Labute approximate surface area is 132 Å². The second-order valence-corrected chi connectivity index (χ2v) is 6.35. The van der Waals surface area contributed by atoms with Gasteiger partial charge in [0.2, 0.25) is 0 Å². The molecule has 0 saturated carbocycles. The minimum atomic E-state index is -0.479. The largest absolute Gasteiger partial charge is 0.456 e. The number of aryl methyl sites for hydroxylation is 1. The molecule has 114 valence electrons. The minimum absolute atomic E-state index is 0.294. The second kappa shape index (κ2) is 6.18. The quantitative estimate of drug-likeness (QED) is 0.722. The molecule has 2 aromatic carbocycles. The molecule has 0 unspecified atom stereocenters. The van der Waals surface area contributed by atoms with Gasteiger partial charge in [0.25, 0.3) is 0 Å². The fourth-order valence-electron chi connectivity index (χ4n) is 2.22. The molecule has 0 spiro atoms. The Morgan fingerprint density at radius 3 is 2.14 bits per heavy atom. The molecule has 22 heavy (non-hydrogen) atoms. The van der Waals surface area contributed by atoms with Gasteiger partial charge in [0.1, 0.15) is 5.60 Å². The zero-order valence-corrected chi connectivity index (χ0v) is 13.6. The van der Waals surface area contributed by atoms with Crippen LogP contribution in [-0.2, 0) is 4.74 Å². The van der Waals surface area contributed by atoms with Crippen LogP contribution in [0.2, 0.25) is 0 Å². The van der Waals surface area contributed by atoms with Crippen molar-refractivity contribution in [2.45, 2.75) is 33.3 Å². The predicted molar refractivity (Wildman–Crippen MR) is 91.9 cm³/mol.